The minimum Gasteiger partial charge on any atom is -0.366 e. The smallest absolute Gasteiger partial charge is 0.366 e. The minimum absolute atomic E-state index is 0.0496. The lowest BCUT2D eigenvalue weighted by Crippen LogP contribution is -2.22. The molecule has 2 N–H and O–H groups in total. The third kappa shape index (κ3) is 2.52. The van der Waals surface area contributed by atoms with Gasteiger partial charge < -0.3 is 10.6 Å². The molecule has 1 aliphatic heterocycles. The molecule has 1 heterocycles. The molecule has 0 saturated heterocycles. The molecule has 1 amide bonds. The molecule has 0 radical (unpaired) electrons. The summed E-state index contributed by atoms with van der Waals surface area (Å²) in [6, 6.07) is 8.47. The summed E-state index contributed by atoms with van der Waals surface area (Å²) in [5.74, 6) is -0.908. The van der Waals surface area contributed by atoms with E-state index in [0.717, 1.165) is 17.2 Å². The average Bonchev–Trinajstić information content (AvgIpc) is 2.88. The molecule has 0 fully saturated rings. The van der Waals surface area contributed by atoms with Crippen LogP contribution in [0, 0.1) is 0 Å². The predicted molar refractivity (Wildman–Crippen MR) is 76.3 cm³/mol. The van der Waals surface area contributed by atoms with Crippen molar-refractivity contribution in [2.24, 2.45) is 5.73 Å². The molecule has 0 bridgehead atoms. The average molecular weight is 307 g/mol. The molecule has 3 rings (SSSR count). The molecule has 0 aromatic heterocycles. The third-order valence-corrected chi connectivity index (χ3v) is 3.68. The van der Waals surface area contributed by atoms with E-state index in [4.69, 9.17) is 7.10 Å². The SMILES string of the molecule is [2H]c1cc(C(F)(F)F)cc(N2Cc3ccccc3C2)c1C(N)=O. The molecule has 0 unspecified atom stereocenters. The zero-order chi connectivity index (χ0) is 16.8. The number of hydrogen-bond donors (Lipinski definition) is 1. The third-order valence-electron chi connectivity index (χ3n) is 3.68. The number of fused-ring (bicyclic) bond motifs is 1. The van der Waals surface area contributed by atoms with Gasteiger partial charge in [-0.25, -0.2) is 0 Å². The molecule has 2 aromatic carbocycles. The number of nitrogens with zero attached hydrogens (tertiary/aromatic N) is 1. The van der Waals surface area contributed by atoms with Crippen LogP contribution in [0.3, 0.4) is 0 Å². The first kappa shape index (κ1) is 13.2. The van der Waals surface area contributed by atoms with Crippen LogP contribution >= 0.6 is 0 Å². The Morgan fingerprint density at radius 3 is 2.27 bits per heavy atom. The summed E-state index contributed by atoms with van der Waals surface area (Å²) in [5, 5.41) is 0. The second-order valence-electron chi connectivity index (χ2n) is 5.14. The molecule has 0 atom stereocenters. The summed E-state index contributed by atoms with van der Waals surface area (Å²) < 4.78 is 46.8. The molecule has 0 spiro atoms. The highest BCUT2D eigenvalue weighted by atomic mass is 19.4. The topological polar surface area (TPSA) is 46.3 Å². The van der Waals surface area contributed by atoms with Gasteiger partial charge in [0.25, 0.3) is 5.91 Å². The van der Waals surface area contributed by atoms with E-state index in [1.54, 1.807) is 4.90 Å². The van der Waals surface area contributed by atoms with Crippen LogP contribution in [0.1, 0.15) is 28.4 Å². The number of primary amides is 1. The van der Waals surface area contributed by atoms with Gasteiger partial charge in [-0.05, 0) is 29.3 Å². The van der Waals surface area contributed by atoms with E-state index >= 15 is 0 Å². The van der Waals surface area contributed by atoms with Crippen LogP contribution in [0.25, 0.3) is 0 Å². The van der Waals surface area contributed by atoms with Crippen LogP contribution in [0.2, 0.25) is 0 Å². The Bertz CT molecular complexity index is 764. The summed E-state index contributed by atoms with van der Waals surface area (Å²) >= 11 is 0. The molecule has 114 valence electrons. The summed E-state index contributed by atoms with van der Waals surface area (Å²) in [7, 11) is 0. The number of rotatable bonds is 2. The zero-order valence-corrected chi connectivity index (χ0v) is 11.4. The lowest BCUT2D eigenvalue weighted by molar-refractivity contribution is -0.137. The van der Waals surface area contributed by atoms with Crippen molar-refractivity contribution >= 4 is 11.6 Å². The Balaban J connectivity index is 2.11. The summed E-state index contributed by atoms with van der Waals surface area (Å²) in [6.07, 6.45) is -4.59. The number of amides is 1. The van der Waals surface area contributed by atoms with Gasteiger partial charge >= 0.3 is 6.18 Å². The number of halogens is 3. The molecule has 3 nitrogen and oxygen atoms in total. The molecule has 2 aromatic rings. The van der Waals surface area contributed by atoms with E-state index in [9.17, 15) is 18.0 Å². The van der Waals surface area contributed by atoms with Crippen LogP contribution < -0.4 is 10.6 Å². The Hall–Kier alpha value is -2.50. The highest BCUT2D eigenvalue weighted by Crippen LogP contribution is 2.36. The number of nitrogens with two attached hydrogens (primary N) is 1. The molecule has 1 aliphatic rings. The molecular weight excluding hydrogens is 293 g/mol. The van der Waals surface area contributed by atoms with Crippen molar-refractivity contribution in [1.29, 1.82) is 0 Å². The second kappa shape index (κ2) is 5.05. The van der Waals surface area contributed by atoms with E-state index in [-0.39, 0.29) is 11.3 Å². The maximum absolute atomic E-state index is 13.0. The van der Waals surface area contributed by atoms with Gasteiger partial charge in [0.15, 0.2) is 0 Å². The first-order chi connectivity index (χ1) is 10.8. The van der Waals surface area contributed by atoms with E-state index in [1.807, 2.05) is 24.3 Å². The van der Waals surface area contributed by atoms with E-state index in [1.165, 1.54) is 0 Å². The highest BCUT2D eigenvalue weighted by molar-refractivity contribution is 5.99. The second-order valence-corrected chi connectivity index (χ2v) is 5.14. The van der Waals surface area contributed by atoms with Crippen molar-refractivity contribution in [1.82, 2.24) is 0 Å². The summed E-state index contributed by atoms with van der Waals surface area (Å²) in [6.45, 7) is 0.744. The van der Waals surface area contributed by atoms with Crippen molar-refractivity contribution in [3.63, 3.8) is 0 Å². The standard InChI is InChI=1S/C16H13F3N2O/c17-16(18,19)12-5-6-13(15(20)22)14(7-12)21-8-10-3-1-2-4-11(10)9-21/h1-7H,8-9H2,(H2,20,22)/i6D. The number of carbonyl (C=O) groups is 1. The van der Waals surface area contributed by atoms with Crippen molar-refractivity contribution in [3.05, 3.63) is 64.7 Å². The molecule has 22 heavy (non-hydrogen) atoms. The summed E-state index contributed by atoms with van der Waals surface area (Å²) in [4.78, 5) is 13.3. The fraction of sp³-hybridized carbons (Fsp3) is 0.188. The Kier molecular flexibility index (Phi) is 3.03. The lowest BCUT2D eigenvalue weighted by atomic mass is 10.1. The minimum atomic E-state index is -4.59. The van der Waals surface area contributed by atoms with E-state index in [2.05, 4.69) is 0 Å². The Morgan fingerprint density at radius 2 is 1.77 bits per heavy atom. The first-order valence-corrected chi connectivity index (χ1v) is 6.60. The highest BCUT2D eigenvalue weighted by Gasteiger charge is 2.32. The van der Waals surface area contributed by atoms with Gasteiger partial charge in [-0.3, -0.25) is 4.79 Å². The molecular formula is C16H13F3N2O. The fourth-order valence-electron chi connectivity index (χ4n) is 2.60. The van der Waals surface area contributed by atoms with E-state index in [0.29, 0.717) is 19.2 Å². The predicted octanol–water partition coefficient (Wildman–Crippen LogP) is 3.32. The quantitative estimate of drug-likeness (QED) is 0.925. The van der Waals surface area contributed by atoms with Crippen molar-refractivity contribution in [3.8, 4) is 0 Å². The normalized spacial score (nSPS) is 14.7. The molecule has 0 aliphatic carbocycles. The van der Waals surface area contributed by atoms with Crippen molar-refractivity contribution in [2.45, 2.75) is 19.3 Å². The van der Waals surface area contributed by atoms with E-state index < -0.39 is 23.7 Å². The first-order valence-electron chi connectivity index (χ1n) is 7.10. The molecule has 6 heteroatoms. The number of alkyl halides is 3. The number of carbonyl (C=O) groups excluding carboxylic acids is 1. The van der Waals surface area contributed by atoms with Gasteiger partial charge in [0.05, 0.1) is 18.2 Å². The largest absolute Gasteiger partial charge is 0.416 e. The van der Waals surface area contributed by atoms with Gasteiger partial charge in [-0.15, -0.1) is 0 Å². The van der Waals surface area contributed by atoms with Gasteiger partial charge in [-0.1, -0.05) is 24.3 Å². The van der Waals surface area contributed by atoms with Crippen LogP contribution in [0.15, 0.2) is 42.4 Å². The monoisotopic (exact) mass is 307 g/mol. The van der Waals surface area contributed by atoms with Gasteiger partial charge in [0, 0.05) is 13.1 Å². The molecule has 0 saturated carbocycles. The Morgan fingerprint density at radius 1 is 1.18 bits per heavy atom. The van der Waals surface area contributed by atoms with Crippen molar-refractivity contribution in [2.75, 3.05) is 4.90 Å². The number of hydrogen-bond acceptors (Lipinski definition) is 2. The van der Waals surface area contributed by atoms with Gasteiger partial charge in [0.2, 0.25) is 0 Å². The van der Waals surface area contributed by atoms with Crippen molar-refractivity contribution < 1.29 is 19.3 Å². The van der Waals surface area contributed by atoms with Gasteiger partial charge in [-0.2, -0.15) is 13.2 Å². The number of benzene rings is 2. The lowest BCUT2D eigenvalue weighted by Gasteiger charge is -2.22. The van der Waals surface area contributed by atoms with Crippen LogP contribution in [-0.2, 0) is 19.3 Å². The van der Waals surface area contributed by atoms with Crippen LogP contribution in [0.5, 0.6) is 0 Å². The van der Waals surface area contributed by atoms with Crippen LogP contribution in [0.4, 0.5) is 18.9 Å². The number of anilines is 1. The zero-order valence-electron chi connectivity index (χ0n) is 12.4. The van der Waals surface area contributed by atoms with Gasteiger partial charge in [0.1, 0.15) is 0 Å². The van der Waals surface area contributed by atoms with Crippen LogP contribution in [-0.4, -0.2) is 5.91 Å². The maximum atomic E-state index is 13.0. The summed E-state index contributed by atoms with van der Waals surface area (Å²) in [5.41, 5.74) is 6.14. The maximum Gasteiger partial charge on any atom is 0.416 e. The Labute approximate surface area is 126 Å². The fourth-order valence-corrected chi connectivity index (χ4v) is 2.60.